The van der Waals surface area contributed by atoms with Crippen LogP contribution >= 0.6 is 12.0 Å². The Hall–Kier alpha value is -3.69. The molecule has 0 unspecified atom stereocenters. The van der Waals surface area contributed by atoms with Crippen LogP contribution < -0.4 is 15.5 Å². The summed E-state index contributed by atoms with van der Waals surface area (Å²) in [7, 11) is -4.64. The topological polar surface area (TPSA) is 183 Å². The molecular formula is C37H49N6O7S2-. The molecule has 15 heteroatoms. The largest absolute Gasteiger partial charge is 0.744 e. The van der Waals surface area contributed by atoms with Gasteiger partial charge in [-0.25, -0.2) is 8.42 Å². The van der Waals surface area contributed by atoms with E-state index >= 15 is 0 Å². The van der Waals surface area contributed by atoms with Gasteiger partial charge in [-0.2, -0.15) is 8.91 Å². The molecule has 1 amide bonds. The lowest BCUT2D eigenvalue weighted by molar-refractivity contribution is -0.777. The lowest BCUT2D eigenvalue weighted by Gasteiger charge is -2.25. The standard InChI is InChI=1S/C37H50N6O7S2/c1-6-42-31-20-18-27(51-50-49-45)25-29(31)36(2,3)33(42)15-14-16-34-37(4,5)30-26-28(52(46,47)48)19-21-32(30)43(34)24-13-9-10-17-35(44)39-22-11-7-8-12-23-40-41-38/h14-16,18-21,25-26H,6-13,17,22-24H2,1-5H3,(H2-,39,44,45,46,47,48)/p-1. The van der Waals surface area contributed by atoms with Gasteiger partial charge in [-0.3, -0.25) is 9.83 Å². The van der Waals surface area contributed by atoms with Crippen LogP contribution in [-0.2, 0) is 35.1 Å². The van der Waals surface area contributed by atoms with E-state index in [1.54, 1.807) is 6.07 Å². The number of hydrogen-bond donors (Lipinski definition) is 1. The highest BCUT2D eigenvalue weighted by Crippen LogP contribution is 2.49. The zero-order chi connectivity index (χ0) is 37.9. The molecule has 13 nitrogen and oxygen atoms in total. The van der Waals surface area contributed by atoms with Gasteiger partial charge in [-0.1, -0.05) is 37.9 Å². The van der Waals surface area contributed by atoms with Gasteiger partial charge in [0.15, 0.2) is 5.71 Å². The highest BCUT2D eigenvalue weighted by Gasteiger charge is 2.45. The van der Waals surface area contributed by atoms with Crippen LogP contribution in [0.1, 0.15) is 97.1 Å². The van der Waals surface area contributed by atoms with Crippen molar-refractivity contribution in [3.05, 3.63) is 81.9 Å². The monoisotopic (exact) mass is 753 g/mol. The van der Waals surface area contributed by atoms with Gasteiger partial charge in [0.1, 0.15) is 16.7 Å². The molecule has 0 radical (unpaired) electrons. The number of benzene rings is 2. The second kappa shape index (κ2) is 18.4. The van der Waals surface area contributed by atoms with Crippen molar-refractivity contribution < 1.29 is 37.0 Å². The van der Waals surface area contributed by atoms with Crippen molar-refractivity contribution in [1.82, 2.24) is 5.32 Å². The van der Waals surface area contributed by atoms with Crippen LogP contribution in [-0.4, -0.2) is 55.3 Å². The zero-order valence-corrected chi connectivity index (χ0v) is 32.2. The Morgan fingerprint density at radius 1 is 1.04 bits per heavy atom. The maximum absolute atomic E-state index is 12.4. The van der Waals surface area contributed by atoms with Crippen molar-refractivity contribution in [3.63, 3.8) is 0 Å². The molecule has 0 saturated heterocycles. The molecule has 0 bridgehead atoms. The van der Waals surface area contributed by atoms with Gasteiger partial charge in [0.2, 0.25) is 11.6 Å². The van der Waals surface area contributed by atoms with Crippen molar-refractivity contribution in [1.29, 1.82) is 0 Å². The number of amides is 1. The van der Waals surface area contributed by atoms with Crippen LogP contribution in [0, 0.1) is 0 Å². The Morgan fingerprint density at radius 2 is 1.79 bits per heavy atom. The molecule has 0 spiro atoms. The number of carbonyl (C=O) groups is 1. The summed E-state index contributed by atoms with van der Waals surface area (Å²) in [4.78, 5) is 17.9. The van der Waals surface area contributed by atoms with Crippen molar-refractivity contribution >= 4 is 45.2 Å². The maximum Gasteiger partial charge on any atom is 0.219 e. The number of rotatable bonds is 20. The van der Waals surface area contributed by atoms with E-state index in [0.29, 0.717) is 26.1 Å². The number of unbranched alkanes of at least 4 members (excludes halogenated alkanes) is 5. The van der Waals surface area contributed by atoms with Gasteiger partial charge in [0, 0.05) is 76.8 Å². The van der Waals surface area contributed by atoms with Crippen LogP contribution in [0.3, 0.4) is 0 Å². The minimum absolute atomic E-state index is 0.0363. The van der Waals surface area contributed by atoms with E-state index in [0.717, 1.165) is 102 Å². The number of azide groups is 1. The molecule has 2 aromatic rings. The zero-order valence-electron chi connectivity index (χ0n) is 30.6. The van der Waals surface area contributed by atoms with Crippen LogP contribution in [0.5, 0.6) is 0 Å². The van der Waals surface area contributed by atoms with Gasteiger partial charge in [0.25, 0.3) is 0 Å². The molecule has 4 rings (SSSR count). The van der Waals surface area contributed by atoms with Gasteiger partial charge in [-0.05, 0) is 94.0 Å². The molecule has 0 aliphatic carbocycles. The highest BCUT2D eigenvalue weighted by molar-refractivity contribution is 7.94. The maximum atomic E-state index is 12.4. The number of nitrogens with one attached hydrogen (secondary N) is 1. The van der Waals surface area contributed by atoms with Gasteiger partial charge in [0.05, 0.1) is 22.4 Å². The molecule has 282 valence electrons. The first-order valence-electron chi connectivity index (χ1n) is 17.7. The predicted octanol–water partition coefficient (Wildman–Crippen LogP) is 7.00. The predicted molar refractivity (Wildman–Crippen MR) is 199 cm³/mol. The normalized spacial score (nSPS) is 16.8. The smallest absolute Gasteiger partial charge is 0.219 e. The van der Waals surface area contributed by atoms with Crippen molar-refractivity contribution in [2.75, 3.05) is 31.1 Å². The molecule has 0 atom stereocenters. The Kier molecular flexibility index (Phi) is 14.5. The number of carbonyl (C=O) groups excluding carboxylic acids is 1. The first-order valence-corrected chi connectivity index (χ1v) is 19.9. The first-order chi connectivity index (χ1) is 24.8. The SMILES string of the molecule is CCN1/C(=C/C=C/C2=[N+](CCCCCC(=O)NCCCCCCN=[N+]=[N-])c3ccc(S(=O)(=O)[O-])cc3C2(C)C)C(C)(C)c2cc(SOO[O-])ccc21. The lowest BCUT2D eigenvalue weighted by atomic mass is 9.81. The highest BCUT2D eigenvalue weighted by atomic mass is 32.2. The van der Waals surface area contributed by atoms with E-state index in [2.05, 4.69) is 67.1 Å². The molecule has 2 aromatic carbocycles. The summed E-state index contributed by atoms with van der Waals surface area (Å²) in [5, 5.41) is 20.5. The Balaban J connectivity index is 1.49. The molecule has 1 N–H and O–H groups in total. The van der Waals surface area contributed by atoms with Crippen LogP contribution in [0.15, 0.2) is 75.2 Å². The summed E-state index contributed by atoms with van der Waals surface area (Å²) >= 11 is 0.863. The summed E-state index contributed by atoms with van der Waals surface area (Å²) in [5.41, 5.74) is 13.2. The van der Waals surface area contributed by atoms with Gasteiger partial charge >= 0.3 is 0 Å². The van der Waals surface area contributed by atoms with Crippen molar-refractivity contribution in [2.24, 2.45) is 5.11 Å². The fourth-order valence-electron chi connectivity index (χ4n) is 7.14. The number of hydrogen-bond acceptors (Lipinski definition) is 10. The Labute approximate surface area is 311 Å². The minimum atomic E-state index is -4.64. The first kappa shape index (κ1) is 41.1. The minimum Gasteiger partial charge on any atom is -0.744 e. The summed E-state index contributed by atoms with van der Waals surface area (Å²) in [5.74, 6) is 0.0363. The molecule has 2 aliphatic heterocycles. The molecule has 0 aromatic heterocycles. The molecular weight excluding hydrogens is 705 g/mol. The third kappa shape index (κ3) is 9.84. The van der Waals surface area contributed by atoms with Crippen molar-refractivity contribution in [2.45, 2.75) is 107 Å². The lowest BCUT2D eigenvalue weighted by Crippen LogP contribution is -2.28. The molecule has 0 fully saturated rings. The second-order valence-corrected chi connectivity index (χ2v) is 16.2. The quantitative estimate of drug-likeness (QED) is 0.0171. The number of anilines is 1. The Bertz CT molecular complexity index is 1850. The second-order valence-electron chi connectivity index (χ2n) is 14.0. The van der Waals surface area contributed by atoms with Crippen LogP contribution in [0.4, 0.5) is 11.4 Å². The Morgan fingerprint density at radius 3 is 2.50 bits per heavy atom. The molecule has 0 saturated carbocycles. The molecule has 2 aliphatic rings. The van der Waals surface area contributed by atoms with E-state index in [-0.39, 0.29) is 16.2 Å². The number of nitrogens with zero attached hydrogens (tertiary/aromatic N) is 5. The van der Waals surface area contributed by atoms with Crippen molar-refractivity contribution in [3.8, 4) is 0 Å². The van der Waals surface area contributed by atoms with Gasteiger partial charge < -0.3 is 20.0 Å². The number of likely N-dealkylation sites (N-methyl/N-ethyl adjacent to an activating group) is 1. The van der Waals surface area contributed by atoms with E-state index in [1.165, 1.54) is 12.1 Å². The summed E-state index contributed by atoms with van der Waals surface area (Å²) in [6.07, 6.45) is 12.7. The third-order valence-electron chi connectivity index (χ3n) is 9.85. The van der Waals surface area contributed by atoms with Gasteiger partial charge in [-0.15, -0.1) is 0 Å². The molecule has 52 heavy (non-hydrogen) atoms. The number of fused-ring (bicyclic) bond motifs is 2. The third-order valence-corrected chi connectivity index (χ3v) is 11.3. The fraction of sp³-hybridized carbons (Fsp3) is 0.514. The van der Waals surface area contributed by atoms with E-state index < -0.39 is 15.5 Å². The van der Waals surface area contributed by atoms with E-state index in [1.807, 2.05) is 38.1 Å². The number of allylic oxidation sites excluding steroid dienone is 4. The van der Waals surface area contributed by atoms with Crippen LogP contribution in [0.2, 0.25) is 0 Å². The van der Waals surface area contributed by atoms with E-state index in [9.17, 15) is 23.0 Å². The average Bonchev–Trinajstić information content (AvgIpc) is 3.45. The summed E-state index contributed by atoms with van der Waals surface area (Å²) in [6.45, 7) is 13.0. The summed E-state index contributed by atoms with van der Waals surface area (Å²) < 4.78 is 42.7. The fourth-order valence-corrected chi connectivity index (χ4v) is 8.03. The van der Waals surface area contributed by atoms with Crippen LogP contribution in [0.25, 0.3) is 10.4 Å². The molecule has 2 heterocycles. The average molecular weight is 754 g/mol. The van der Waals surface area contributed by atoms with E-state index in [4.69, 9.17) is 5.53 Å². The summed E-state index contributed by atoms with van der Waals surface area (Å²) in [6, 6.07) is 10.5.